The molecule has 0 aliphatic heterocycles. The lowest BCUT2D eigenvalue weighted by molar-refractivity contribution is 0.0944. The molecule has 108 valence electrons. The van der Waals surface area contributed by atoms with Crippen LogP contribution in [-0.2, 0) is 9.84 Å². The summed E-state index contributed by atoms with van der Waals surface area (Å²) in [6.45, 7) is 7.31. The van der Waals surface area contributed by atoms with Crippen molar-refractivity contribution in [3.05, 3.63) is 4.88 Å². The minimum absolute atomic E-state index is 0.0372. The number of rotatable bonds is 5. The standard InChI is InChI=1S/C12H20N2O3S2/c1-6(2)9(15)10-8(13)11(19(5,16)17)12(18-10)14-7(3)4/h6-7,14H,13H2,1-5H3. The molecule has 0 bridgehead atoms. The molecule has 19 heavy (non-hydrogen) atoms. The summed E-state index contributed by atoms with van der Waals surface area (Å²) in [7, 11) is -3.48. The molecule has 5 nitrogen and oxygen atoms in total. The number of nitrogens with one attached hydrogen (secondary N) is 1. The predicted molar refractivity (Wildman–Crippen MR) is 79.8 cm³/mol. The fraction of sp³-hybridized carbons (Fsp3) is 0.583. The summed E-state index contributed by atoms with van der Waals surface area (Å²) in [6.07, 6.45) is 1.10. The predicted octanol–water partition coefficient (Wildman–Crippen LogP) is 2.39. The van der Waals surface area contributed by atoms with Gasteiger partial charge in [0, 0.05) is 18.2 Å². The largest absolute Gasteiger partial charge is 0.396 e. The normalized spacial score (nSPS) is 12.2. The Balaban J connectivity index is 3.48. The molecule has 1 rings (SSSR count). The maximum absolute atomic E-state index is 12.1. The lowest BCUT2D eigenvalue weighted by atomic mass is 10.1. The molecule has 0 fully saturated rings. The number of nitrogens with two attached hydrogens (primary N) is 1. The van der Waals surface area contributed by atoms with E-state index < -0.39 is 9.84 Å². The van der Waals surface area contributed by atoms with Gasteiger partial charge in [-0.3, -0.25) is 4.79 Å². The number of hydrogen-bond acceptors (Lipinski definition) is 6. The van der Waals surface area contributed by atoms with Crippen LogP contribution in [0.4, 0.5) is 10.7 Å². The van der Waals surface area contributed by atoms with Gasteiger partial charge in [-0.15, -0.1) is 11.3 Å². The molecule has 0 atom stereocenters. The zero-order chi connectivity index (χ0) is 15.0. The van der Waals surface area contributed by atoms with Crippen LogP contribution in [0.1, 0.15) is 37.4 Å². The van der Waals surface area contributed by atoms with E-state index in [9.17, 15) is 13.2 Å². The first kappa shape index (κ1) is 16.0. The van der Waals surface area contributed by atoms with Crippen LogP contribution in [0.2, 0.25) is 0 Å². The molecule has 0 radical (unpaired) electrons. The van der Waals surface area contributed by atoms with Crippen molar-refractivity contribution in [3.8, 4) is 0 Å². The number of ketones is 1. The SMILES string of the molecule is CC(C)Nc1sc(C(=O)C(C)C)c(N)c1S(C)(=O)=O. The van der Waals surface area contributed by atoms with Crippen molar-refractivity contribution in [2.75, 3.05) is 17.3 Å². The van der Waals surface area contributed by atoms with Crippen LogP contribution in [-0.4, -0.2) is 26.5 Å². The smallest absolute Gasteiger partial charge is 0.180 e. The lowest BCUT2D eigenvalue weighted by Gasteiger charge is -2.09. The minimum atomic E-state index is -3.48. The Morgan fingerprint density at radius 3 is 2.16 bits per heavy atom. The van der Waals surface area contributed by atoms with Gasteiger partial charge in [-0.2, -0.15) is 0 Å². The Hall–Kier alpha value is -1.08. The van der Waals surface area contributed by atoms with Crippen molar-refractivity contribution < 1.29 is 13.2 Å². The Morgan fingerprint density at radius 2 is 1.79 bits per heavy atom. The summed E-state index contributed by atoms with van der Waals surface area (Å²) >= 11 is 1.11. The molecule has 0 saturated carbocycles. The molecular formula is C12H20N2O3S2. The van der Waals surface area contributed by atoms with Gasteiger partial charge in [0.05, 0.1) is 10.6 Å². The second kappa shape index (κ2) is 5.50. The van der Waals surface area contributed by atoms with Gasteiger partial charge in [-0.05, 0) is 13.8 Å². The van der Waals surface area contributed by atoms with Gasteiger partial charge in [0.25, 0.3) is 0 Å². The van der Waals surface area contributed by atoms with Crippen molar-refractivity contribution in [1.29, 1.82) is 0 Å². The molecule has 0 unspecified atom stereocenters. The van der Waals surface area contributed by atoms with Gasteiger partial charge >= 0.3 is 0 Å². The number of carbonyl (C=O) groups is 1. The van der Waals surface area contributed by atoms with Crippen molar-refractivity contribution in [2.24, 2.45) is 5.92 Å². The van der Waals surface area contributed by atoms with E-state index >= 15 is 0 Å². The fourth-order valence-corrected chi connectivity index (χ4v) is 4.39. The van der Waals surface area contributed by atoms with E-state index in [1.807, 2.05) is 13.8 Å². The summed E-state index contributed by atoms with van der Waals surface area (Å²) in [5.41, 5.74) is 5.94. The zero-order valence-corrected chi connectivity index (χ0v) is 13.4. The Morgan fingerprint density at radius 1 is 1.26 bits per heavy atom. The van der Waals surface area contributed by atoms with Gasteiger partial charge in [-0.1, -0.05) is 13.8 Å². The molecule has 1 heterocycles. The molecule has 0 amide bonds. The van der Waals surface area contributed by atoms with E-state index in [1.54, 1.807) is 13.8 Å². The highest BCUT2D eigenvalue weighted by atomic mass is 32.2. The molecule has 1 aromatic heterocycles. The molecule has 1 aromatic rings. The number of sulfone groups is 1. The van der Waals surface area contributed by atoms with Crippen LogP contribution in [0.5, 0.6) is 0 Å². The lowest BCUT2D eigenvalue weighted by Crippen LogP contribution is -2.12. The molecule has 0 aliphatic rings. The van der Waals surface area contributed by atoms with E-state index in [-0.39, 0.29) is 28.3 Å². The topological polar surface area (TPSA) is 89.3 Å². The molecule has 7 heteroatoms. The van der Waals surface area contributed by atoms with E-state index in [0.29, 0.717) is 9.88 Å². The van der Waals surface area contributed by atoms with Crippen LogP contribution in [0.15, 0.2) is 4.90 Å². The highest BCUT2D eigenvalue weighted by Crippen LogP contribution is 2.40. The number of Topliss-reactive ketones (excluding diaryl/α,β-unsaturated/α-hetero) is 1. The number of nitrogen functional groups attached to an aromatic ring is 1. The maximum atomic E-state index is 12.1. The van der Waals surface area contributed by atoms with E-state index in [4.69, 9.17) is 5.73 Å². The second-order valence-electron chi connectivity index (χ2n) is 5.09. The van der Waals surface area contributed by atoms with Gasteiger partial charge in [0.2, 0.25) is 0 Å². The van der Waals surface area contributed by atoms with Crippen molar-refractivity contribution in [3.63, 3.8) is 0 Å². The van der Waals surface area contributed by atoms with E-state index in [2.05, 4.69) is 5.32 Å². The summed E-state index contributed by atoms with van der Waals surface area (Å²) in [5, 5.41) is 3.49. The highest BCUT2D eigenvalue weighted by Gasteiger charge is 2.28. The van der Waals surface area contributed by atoms with Gasteiger partial charge in [0.1, 0.15) is 9.90 Å². The van der Waals surface area contributed by atoms with Gasteiger partial charge in [0.15, 0.2) is 15.6 Å². The Kier molecular flexibility index (Phi) is 4.63. The third kappa shape index (κ3) is 3.48. The van der Waals surface area contributed by atoms with E-state index in [1.165, 1.54) is 0 Å². The molecular weight excluding hydrogens is 284 g/mol. The number of carbonyl (C=O) groups excluding carboxylic acids is 1. The Bertz CT molecular complexity index is 586. The van der Waals surface area contributed by atoms with Crippen molar-refractivity contribution in [2.45, 2.75) is 38.6 Å². The summed E-state index contributed by atoms with van der Waals surface area (Å²) < 4.78 is 23.7. The zero-order valence-electron chi connectivity index (χ0n) is 11.8. The third-order valence-electron chi connectivity index (χ3n) is 2.44. The average Bonchev–Trinajstić information content (AvgIpc) is 2.52. The van der Waals surface area contributed by atoms with E-state index in [0.717, 1.165) is 17.6 Å². The highest BCUT2D eigenvalue weighted by molar-refractivity contribution is 7.91. The third-order valence-corrected chi connectivity index (χ3v) is 4.88. The van der Waals surface area contributed by atoms with Crippen molar-refractivity contribution >= 4 is 37.6 Å². The first-order valence-corrected chi connectivity index (χ1v) is 8.69. The molecule has 0 aromatic carbocycles. The quantitative estimate of drug-likeness (QED) is 0.815. The van der Waals surface area contributed by atoms with Crippen LogP contribution in [0.25, 0.3) is 0 Å². The number of hydrogen-bond donors (Lipinski definition) is 2. The van der Waals surface area contributed by atoms with Crippen molar-refractivity contribution in [1.82, 2.24) is 0 Å². The molecule has 0 spiro atoms. The molecule has 0 aliphatic carbocycles. The molecule has 3 N–H and O–H groups in total. The summed E-state index contributed by atoms with van der Waals surface area (Å²) in [4.78, 5) is 12.4. The molecule has 0 saturated heterocycles. The van der Waals surface area contributed by atoms with Gasteiger partial charge < -0.3 is 11.1 Å². The fourth-order valence-electron chi connectivity index (χ4n) is 1.60. The first-order valence-electron chi connectivity index (χ1n) is 5.98. The Labute approximate surface area is 118 Å². The maximum Gasteiger partial charge on any atom is 0.180 e. The van der Waals surface area contributed by atoms with Crippen LogP contribution in [0.3, 0.4) is 0 Å². The number of thiophene rings is 1. The van der Waals surface area contributed by atoms with Gasteiger partial charge in [-0.25, -0.2) is 8.42 Å². The monoisotopic (exact) mass is 304 g/mol. The van der Waals surface area contributed by atoms with Crippen LogP contribution in [0, 0.1) is 5.92 Å². The number of anilines is 2. The average molecular weight is 304 g/mol. The van der Waals surface area contributed by atoms with Crippen LogP contribution < -0.4 is 11.1 Å². The summed E-state index contributed by atoms with van der Waals surface area (Å²) in [6, 6.07) is 0.0561. The summed E-state index contributed by atoms with van der Waals surface area (Å²) in [5.74, 6) is -0.357. The second-order valence-corrected chi connectivity index (χ2v) is 8.07. The van der Waals surface area contributed by atoms with Crippen LogP contribution >= 0.6 is 11.3 Å². The first-order chi connectivity index (χ1) is 8.55. The minimum Gasteiger partial charge on any atom is -0.396 e.